The van der Waals surface area contributed by atoms with Crippen molar-refractivity contribution in [2.45, 2.75) is 25.8 Å². The van der Waals surface area contributed by atoms with E-state index in [2.05, 4.69) is 0 Å². The highest BCUT2D eigenvalue weighted by molar-refractivity contribution is 7.99. The van der Waals surface area contributed by atoms with E-state index in [1.165, 1.54) is 0 Å². The van der Waals surface area contributed by atoms with Gasteiger partial charge in [0.25, 0.3) is 0 Å². The first kappa shape index (κ1) is 10.8. The Bertz CT molecular complexity index is 117. The third-order valence-electron chi connectivity index (χ3n) is 1.18. The van der Waals surface area contributed by atoms with E-state index >= 15 is 0 Å². The normalized spacial score (nSPS) is 12.9. The molecule has 3 nitrogen and oxygen atoms in total. The van der Waals surface area contributed by atoms with Crippen LogP contribution in [0.1, 0.15) is 19.8 Å². The van der Waals surface area contributed by atoms with Gasteiger partial charge in [0.05, 0.1) is 6.42 Å². The van der Waals surface area contributed by atoms with Crippen LogP contribution in [0.25, 0.3) is 0 Å². The zero-order valence-electron chi connectivity index (χ0n) is 6.75. The molecule has 0 aromatic carbocycles. The molecule has 0 aromatic heterocycles. The van der Waals surface area contributed by atoms with Crippen LogP contribution in [-0.2, 0) is 4.79 Å². The highest BCUT2D eigenvalue weighted by atomic mass is 32.2. The number of aliphatic carboxylic acids is 1. The molecule has 0 aliphatic carbocycles. The first-order chi connectivity index (χ1) is 5.13. The van der Waals surface area contributed by atoms with Crippen LogP contribution >= 0.6 is 11.8 Å². The summed E-state index contributed by atoms with van der Waals surface area (Å²) in [4.78, 5) is 10.1. The molecule has 0 fully saturated rings. The van der Waals surface area contributed by atoms with E-state index in [9.17, 15) is 4.79 Å². The van der Waals surface area contributed by atoms with Crippen LogP contribution in [0.2, 0.25) is 0 Å². The van der Waals surface area contributed by atoms with Gasteiger partial charge >= 0.3 is 5.97 Å². The lowest BCUT2D eigenvalue weighted by molar-refractivity contribution is -0.136. The third kappa shape index (κ3) is 9.78. The predicted octanol–water partition coefficient (Wildman–Crippen LogP) is 0.932. The second-order valence-corrected chi connectivity index (χ2v) is 3.75. The molecule has 1 atom stereocenters. The van der Waals surface area contributed by atoms with Crippen LogP contribution in [0.4, 0.5) is 0 Å². The molecule has 11 heavy (non-hydrogen) atoms. The molecule has 0 aromatic rings. The Labute approximate surface area is 71.3 Å². The fourth-order valence-electron chi connectivity index (χ4n) is 0.531. The Morgan fingerprint density at radius 2 is 2.27 bits per heavy atom. The minimum atomic E-state index is -0.724. The number of carboxylic acid groups (broad SMARTS) is 1. The smallest absolute Gasteiger partial charge is 0.304 e. The molecule has 0 saturated heterocycles. The van der Waals surface area contributed by atoms with E-state index in [1.54, 1.807) is 11.8 Å². The molecular formula is C7H15NO2S. The van der Waals surface area contributed by atoms with Crippen molar-refractivity contribution >= 4 is 17.7 Å². The quantitative estimate of drug-likeness (QED) is 0.592. The molecule has 0 spiro atoms. The van der Waals surface area contributed by atoms with Crippen molar-refractivity contribution in [2.24, 2.45) is 5.73 Å². The minimum Gasteiger partial charge on any atom is -0.481 e. The van der Waals surface area contributed by atoms with Gasteiger partial charge in [-0.1, -0.05) is 0 Å². The second-order valence-electron chi connectivity index (χ2n) is 2.52. The Morgan fingerprint density at radius 1 is 1.64 bits per heavy atom. The molecular weight excluding hydrogens is 162 g/mol. The van der Waals surface area contributed by atoms with E-state index in [-0.39, 0.29) is 12.5 Å². The van der Waals surface area contributed by atoms with Crippen LogP contribution in [0.3, 0.4) is 0 Å². The molecule has 0 aliphatic heterocycles. The van der Waals surface area contributed by atoms with Gasteiger partial charge in [0.2, 0.25) is 0 Å². The molecule has 66 valence electrons. The fraction of sp³-hybridized carbons (Fsp3) is 0.857. The molecule has 0 amide bonds. The van der Waals surface area contributed by atoms with Gasteiger partial charge in [-0.3, -0.25) is 4.79 Å². The molecule has 0 heterocycles. The summed E-state index contributed by atoms with van der Waals surface area (Å²) in [5, 5.41) is 8.28. The van der Waals surface area contributed by atoms with E-state index < -0.39 is 5.97 Å². The minimum absolute atomic E-state index is 0.229. The van der Waals surface area contributed by atoms with Crippen LogP contribution < -0.4 is 5.73 Å². The molecule has 0 rings (SSSR count). The van der Waals surface area contributed by atoms with Gasteiger partial charge in [-0.2, -0.15) is 11.8 Å². The van der Waals surface area contributed by atoms with E-state index in [0.717, 1.165) is 12.2 Å². The maximum atomic E-state index is 10.1. The van der Waals surface area contributed by atoms with Gasteiger partial charge in [0.15, 0.2) is 0 Å². The lowest BCUT2D eigenvalue weighted by atomic mass is 10.3. The maximum Gasteiger partial charge on any atom is 0.304 e. The van der Waals surface area contributed by atoms with Crippen LogP contribution in [0, 0.1) is 0 Å². The largest absolute Gasteiger partial charge is 0.481 e. The first-order valence-corrected chi connectivity index (χ1v) is 4.83. The zero-order chi connectivity index (χ0) is 8.69. The van der Waals surface area contributed by atoms with E-state index in [4.69, 9.17) is 10.8 Å². The summed E-state index contributed by atoms with van der Waals surface area (Å²) in [7, 11) is 0. The van der Waals surface area contributed by atoms with Crippen molar-refractivity contribution in [3.05, 3.63) is 0 Å². The molecule has 0 radical (unpaired) electrons. The van der Waals surface area contributed by atoms with E-state index in [0.29, 0.717) is 5.75 Å². The number of thioether (sulfide) groups is 1. The summed E-state index contributed by atoms with van der Waals surface area (Å²) in [5.41, 5.74) is 5.50. The summed E-state index contributed by atoms with van der Waals surface area (Å²) in [6.07, 6.45) is 1.22. The molecule has 3 N–H and O–H groups in total. The number of carbonyl (C=O) groups is 1. The van der Waals surface area contributed by atoms with Gasteiger partial charge in [-0.25, -0.2) is 0 Å². The summed E-state index contributed by atoms with van der Waals surface area (Å²) >= 11 is 1.65. The third-order valence-corrected chi connectivity index (χ3v) is 2.19. The highest BCUT2D eigenvalue weighted by Crippen LogP contribution is 2.05. The summed E-state index contributed by atoms with van der Waals surface area (Å²) in [6, 6.07) is 0.229. The topological polar surface area (TPSA) is 63.3 Å². The first-order valence-electron chi connectivity index (χ1n) is 3.68. The molecule has 0 saturated carbocycles. The van der Waals surface area contributed by atoms with Crippen molar-refractivity contribution in [1.29, 1.82) is 0 Å². The maximum absolute atomic E-state index is 10.1. The number of hydrogen-bond acceptors (Lipinski definition) is 3. The molecule has 4 heteroatoms. The van der Waals surface area contributed by atoms with Gasteiger partial charge in [0, 0.05) is 11.8 Å². The molecule has 0 aliphatic rings. The van der Waals surface area contributed by atoms with E-state index in [1.807, 2.05) is 6.92 Å². The zero-order valence-corrected chi connectivity index (χ0v) is 7.56. The van der Waals surface area contributed by atoms with Crippen molar-refractivity contribution in [3.8, 4) is 0 Å². The molecule has 1 unspecified atom stereocenters. The Kier molecular flexibility index (Phi) is 6.36. The van der Waals surface area contributed by atoms with Crippen molar-refractivity contribution < 1.29 is 9.90 Å². The second kappa shape index (κ2) is 6.49. The van der Waals surface area contributed by atoms with Gasteiger partial charge in [0.1, 0.15) is 0 Å². The van der Waals surface area contributed by atoms with Crippen LogP contribution in [0.15, 0.2) is 0 Å². The predicted molar refractivity (Wildman–Crippen MR) is 47.8 cm³/mol. The standard InChI is InChI=1S/C7H15NO2S/c1-6(8)2-4-11-5-3-7(9)10/h6H,2-5,8H2,1H3,(H,9,10). The van der Waals surface area contributed by atoms with Gasteiger partial charge in [-0.15, -0.1) is 0 Å². The summed E-state index contributed by atoms with van der Waals surface area (Å²) in [6.45, 7) is 1.96. The summed E-state index contributed by atoms with van der Waals surface area (Å²) < 4.78 is 0. The number of hydrogen-bond donors (Lipinski definition) is 2. The van der Waals surface area contributed by atoms with Crippen molar-refractivity contribution in [3.63, 3.8) is 0 Å². The van der Waals surface area contributed by atoms with Gasteiger partial charge in [-0.05, 0) is 19.1 Å². The fourth-order valence-corrected chi connectivity index (χ4v) is 1.59. The van der Waals surface area contributed by atoms with Gasteiger partial charge < -0.3 is 10.8 Å². The Balaban J connectivity index is 2.97. The SMILES string of the molecule is CC(N)CCSCCC(=O)O. The average Bonchev–Trinajstić information content (AvgIpc) is 1.85. The molecule has 0 bridgehead atoms. The lowest BCUT2D eigenvalue weighted by Crippen LogP contribution is -2.15. The Morgan fingerprint density at radius 3 is 2.73 bits per heavy atom. The number of rotatable bonds is 6. The average molecular weight is 177 g/mol. The van der Waals surface area contributed by atoms with Crippen LogP contribution in [0.5, 0.6) is 0 Å². The number of carboxylic acids is 1. The van der Waals surface area contributed by atoms with Crippen molar-refractivity contribution in [2.75, 3.05) is 11.5 Å². The van der Waals surface area contributed by atoms with Crippen molar-refractivity contribution in [1.82, 2.24) is 0 Å². The highest BCUT2D eigenvalue weighted by Gasteiger charge is 1.97. The Hall–Kier alpha value is -0.220. The summed E-state index contributed by atoms with van der Waals surface area (Å²) in [5.74, 6) is 0.936. The van der Waals surface area contributed by atoms with Crippen LogP contribution in [-0.4, -0.2) is 28.6 Å². The monoisotopic (exact) mass is 177 g/mol. The lowest BCUT2D eigenvalue weighted by Gasteiger charge is -2.02. The number of nitrogens with two attached hydrogens (primary N) is 1.